The number of hydrogen-bond acceptors (Lipinski definition) is 7. The molecule has 1 aliphatic heterocycles. The average Bonchev–Trinajstić information content (AvgIpc) is 3.33. The Morgan fingerprint density at radius 2 is 1.93 bits per heavy atom. The Morgan fingerprint density at radius 1 is 1.14 bits per heavy atom. The van der Waals surface area contributed by atoms with Crippen LogP contribution in [0.1, 0.15) is 11.3 Å². The second-order valence-corrected chi connectivity index (χ2v) is 7.29. The van der Waals surface area contributed by atoms with E-state index in [1.807, 2.05) is 30.3 Å². The molecule has 2 aromatic heterocycles. The lowest BCUT2D eigenvalue weighted by Crippen LogP contribution is -2.49. The second kappa shape index (κ2) is 6.82. The Hall–Kier alpha value is -3.52. The van der Waals surface area contributed by atoms with Crippen molar-refractivity contribution in [3.8, 4) is 23.0 Å². The lowest BCUT2D eigenvalue weighted by Gasteiger charge is -2.36. The van der Waals surface area contributed by atoms with Crippen LogP contribution in [0.25, 0.3) is 33.7 Å². The summed E-state index contributed by atoms with van der Waals surface area (Å²) in [7, 11) is 0. The maximum Gasteiger partial charge on any atom is 0.309 e. The molecule has 5 rings (SSSR count). The van der Waals surface area contributed by atoms with Gasteiger partial charge in [-0.1, -0.05) is 46.7 Å². The van der Waals surface area contributed by atoms with Crippen LogP contribution in [0.2, 0.25) is 0 Å². The monoisotopic (exact) mass is 390 g/mol. The molecule has 8 heteroatoms. The molecule has 1 N–H and O–H groups in total. The van der Waals surface area contributed by atoms with Crippen LogP contribution in [0, 0.1) is 12.8 Å². The van der Waals surface area contributed by atoms with Gasteiger partial charge >= 0.3 is 5.97 Å². The molecule has 0 aliphatic carbocycles. The third-order valence-corrected chi connectivity index (χ3v) is 5.23. The molecule has 146 valence electrons. The van der Waals surface area contributed by atoms with Crippen molar-refractivity contribution in [3.05, 3.63) is 53.8 Å². The Kier molecular flexibility index (Phi) is 4.13. The van der Waals surface area contributed by atoms with E-state index in [4.69, 9.17) is 14.2 Å². The standard InChI is InChI=1S/C21H18N4O4/c1-12-8-18(23-28-12)20-22-19(24-29-20)17-7-6-13(15-4-2-3-5-16(15)17)9-25-10-14(11-25)21(26)27/h2-8,14H,9-11H2,1H3,(H,26,27). The number of fused-ring (bicyclic) bond motifs is 1. The maximum atomic E-state index is 11.0. The molecule has 0 saturated carbocycles. The number of carbonyl (C=O) groups is 1. The van der Waals surface area contributed by atoms with Crippen LogP contribution >= 0.6 is 0 Å². The van der Waals surface area contributed by atoms with Gasteiger partial charge in [0, 0.05) is 31.3 Å². The van der Waals surface area contributed by atoms with Crippen LogP contribution in [-0.4, -0.2) is 44.4 Å². The predicted molar refractivity (Wildman–Crippen MR) is 104 cm³/mol. The van der Waals surface area contributed by atoms with E-state index < -0.39 is 5.97 Å². The molecule has 0 atom stereocenters. The predicted octanol–water partition coefficient (Wildman–Crippen LogP) is 3.37. The Balaban J connectivity index is 1.47. The molecule has 1 saturated heterocycles. The van der Waals surface area contributed by atoms with E-state index in [-0.39, 0.29) is 5.92 Å². The first-order chi connectivity index (χ1) is 14.1. The van der Waals surface area contributed by atoms with Crippen LogP contribution < -0.4 is 0 Å². The molecule has 1 aliphatic rings. The molecule has 0 spiro atoms. The SMILES string of the molecule is Cc1cc(-c2nc(-c3ccc(CN4CC(C(=O)O)C4)c4ccccc34)no2)no1. The van der Waals surface area contributed by atoms with Gasteiger partial charge in [0.1, 0.15) is 5.76 Å². The van der Waals surface area contributed by atoms with E-state index in [0.717, 1.165) is 21.9 Å². The van der Waals surface area contributed by atoms with E-state index in [1.54, 1.807) is 13.0 Å². The van der Waals surface area contributed by atoms with Gasteiger partial charge in [-0.15, -0.1) is 0 Å². The highest BCUT2D eigenvalue weighted by Crippen LogP contribution is 2.32. The fourth-order valence-corrected chi connectivity index (χ4v) is 3.69. The summed E-state index contributed by atoms with van der Waals surface area (Å²) in [6.07, 6.45) is 0. The number of carboxylic acid groups (broad SMARTS) is 1. The summed E-state index contributed by atoms with van der Waals surface area (Å²) in [5.41, 5.74) is 2.52. The number of aliphatic carboxylic acids is 1. The first-order valence-corrected chi connectivity index (χ1v) is 9.32. The van der Waals surface area contributed by atoms with Crippen molar-refractivity contribution in [2.24, 2.45) is 5.92 Å². The Labute approximate surface area is 165 Å². The van der Waals surface area contributed by atoms with Crippen molar-refractivity contribution < 1.29 is 18.9 Å². The zero-order valence-electron chi connectivity index (χ0n) is 15.7. The first kappa shape index (κ1) is 17.6. The molecular formula is C21H18N4O4. The smallest absolute Gasteiger partial charge is 0.309 e. The number of aryl methyl sites for hydroxylation is 1. The zero-order chi connectivity index (χ0) is 20.0. The van der Waals surface area contributed by atoms with E-state index in [0.29, 0.717) is 42.8 Å². The van der Waals surface area contributed by atoms with Crippen LogP contribution in [0.4, 0.5) is 0 Å². The summed E-state index contributed by atoms with van der Waals surface area (Å²) >= 11 is 0. The van der Waals surface area contributed by atoms with E-state index in [9.17, 15) is 4.79 Å². The van der Waals surface area contributed by atoms with Gasteiger partial charge in [0.05, 0.1) is 5.92 Å². The molecule has 1 fully saturated rings. The fourth-order valence-electron chi connectivity index (χ4n) is 3.69. The van der Waals surface area contributed by atoms with Crippen molar-refractivity contribution in [2.45, 2.75) is 13.5 Å². The lowest BCUT2D eigenvalue weighted by atomic mass is 9.95. The minimum atomic E-state index is -0.725. The minimum Gasteiger partial charge on any atom is -0.481 e. The molecule has 2 aromatic carbocycles. The second-order valence-electron chi connectivity index (χ2n) is 7.29. The molecule has 8 nitrogen and oxygen atoms in total. The van der Waals surface area contributed by atoms with Gasteiger partial charge in [-0.05, 0) is 23.3 Å². The lowest BCUT2D eigenvalue weighted by molar-refractivity contribution is -0.147. The molecule has 0 bridgehead atoms. The molecule has 0 unspecified atom stereocenters. The van der Waals surface area contributed by atoms with Crippen molar-refractivity contribution in [2.75, 3.05) is 13.1 Å². The largest absolute Gasteiger partial charge is 0.481 e. The van der Waals surface area contributed by atoms with Gasteiger partial charge in [-0.3, -0.25) is 9.69 Å². The Bertz CT molecular complexity index is 1210. The number of rotatable bonds is 5. The van der Waals surface area contributed by atoms with Gasteiger partial charge in [-0.2, -0.15) is 4.98 Å². The average molecular weight is 390 g/mol. The van der Waals surface area contributed by atoms with Crippen molar-refractivity contribution in [1.29, 1.82) is 0 Å². The highest BCUT2D eigenvalue weighted by Gasteiger charge is 2.32. The summed E-state index contributed by atoms with van der Waals surface area (Å²) < 4.78 is 10.5. The number of hydrogen-bond donors (Lipinski definition) is 1. The molecule has 0 radical (unpaired) electrons. The summed E-state index contributed by atoms with van der Waals surface area (Å²) in [5, 5.41) is 19.2. The summed E-state index contributed by atoms with van der Waals surface area (Å²) in [6, 6.07) is 13.8. The van der Waals surface area contributed by atoms with Gasteiger partial charge in [-0.25, -0.2) is 0 Å². The van der Waals surface area contributed by atoms with Crippen LogP contribution in [0.5, 0.6) is 0 Å². The van der Waals surface area contributed by atoms with E-state index >= 15 is 0 Å². The molecule has 3 heterocycles. The van der Waals surface area contributed by atoms with Crippen LogP contribution in [0.15, 0.2) is 51.5 Å². The van der Waals surface area contributed by atoms with Crippen molar-refractivity contribution in [1.82, 2.24) is 20.2 Å². The van der Waals surface area contributed by atoms with Gasteiger partial charge < -0.3 is 14.2 Å². The third kappa shape index (κ3) is 3.17. The molecule has 4 aromatic rings. The highest BCUT2D eigenvalue weighted by molar-refractivity contribution is 5.97. The number of aromatic nitrogens is 3. The van der Waals surface area contributed by atoms with Gasteiger partial charge in [0.2, 0.25) is 5.82 Å². The van der Waals surface area contributed by atoms with Crippen molar-refractivity contribution in [3.63, 3.8) is 0 Å². The maximum absolute atomic E-state index is 11.0. The highest BCUT2D eigenvalue weighted by atomic mass is 16.5. The fraction of sp³-hybridized carbons (Fsp3) is 0.238. The van der Waals surface area contributed by atoms with Crippen molar-refractivity contribution >= 4 is 16.7 Å². The molecule has 0 amide bonds. The minimum absolute atomic E-state index is 0.265. The summed E-state index contributed by atoms with van der Waals surface area (Å²) in [4.78, 5) is 17.7. The first-order valence-electron chi connectivity index (χ1n) is 9.32. The van der Waals surface area contributed by atoms with Crippen LogP contribution in [0.3, 0.4) is 0 Å². The quantitative estimate of drug-likeness (QED) is 0.553. The molecule has 29 heavy (non-hydrogen) atoms. The number of carboxylic acids is 1. The topological polar surface area (TPSA) is 105 Å². The van der Waals surface area contributed by atoms with Crippen LogP contribution in [-0.2, 0) is 11.3 Å². The van der Waals surface area contributed by atoms with E-state index in [2.05, 4.69) is 26.3 Å². The van der Waals surface area contributed by atoms with E-state index in [1.165, 1.54) is 0 Å². The Morgan fingerprint density at radius 3 is 2.66 bits per heavy atom. The van der Waals surface area contributed by atoms with Gasteiger partial charge in [0.25, 0.3) is 5.89 Å². The number of nitrogens with zero attached hydrogens (tertiary/aromatic N) is 4. The summed E-state index contributed by atoms with van der Waals surface area (Å²) in [5.74, 6) is 0.476. The third-order valence-electron chi connectivity index (χ3n) is 5.23. The summed E-state index contributed by atoms with van der Waals surface area (Å²) in [6.45, 7) is 3.67. The molecular weight excluding hydrogens is 372 g/mol. The zero-order valence-corrected chi connectivity index (χ0v) is 15.7. The van der Waals surface area contributed by atoms with Gasteiger partial charge in [0.15, 0.2) is 5.69 Å². The normalized spacial score (nSPS) is 14.9. The number of benzene rings is 2. The number of likely N-dealkylation sites (tertiary alicyclic amines) is 1.